The quantitative estimate of drug-likeness (QED) is 0.884. The van der Waals surface area contributed by atoms with Gasteiger partial charge in [0.2, 0.25) is 5.89 Å². The summed E-state index contributed by atoms with van der Waals surface area (Å²) in [7, 11) is 0. The lowest BCUT2D eigenvalue weighted by atomic mass is 10.0. The second-order valence-electron chi connectivity index (χ2n) is 7.76. The zero-order chi connectivity index (χ0) is 13.9. The molecule has 4 rings (SSSR count). The van der Waals surface area contributed by atoms with E-state index in [0.29, 0.717) is 24.5 Å². The van der Waals surface area contributed by atoms with Crippen molar-refractivity contribution < 1.29 is 4.42 Å². The van der Waals surface area contributed by atoms with Crippen LogP contribution in [-0.2, 0) is 6.54 Å². The number of hydrogen-bond acceptors (Lipinski definition) is 5. The summed E-state index contributed by atoms with van der Waals surface area (Å²) in [6, 6.07) is 1.21. The van der Waals surface area contributed by atoms with Crippen LogP contribution in [0.25, 0.3) is 0 Å². The van der Waals surface area contributed by atoms with Gasteiger partial charge in [-0.25, -0.2) is 0 Å². The molecule has 0 saturated heterocycles. The molecule has 1 heterocycles. The van der Waals surface area contributed by atoms with Crippen molar-refractivity contribution >= 4 is 6.01 Å². The zero-order valence-electron chi connectivity index (χ0n) is 12.5. The molecule has 0 aromatic carbocycles. The van der Waals surface area contributed by atoms with E-state index in [9.17, 15) is 0 Å². The molecule has 1 aromatic rings. The second kappa shape index (κ2) is 4.20. The topological polar surface area (TPSA) is 63.0 Å². The first kappa shape index (κ1) is 12.6. The van der Waals surface area contributed by atoms with Gasteiger partial charge < -0.3 is 15.1 Å². The van der Waals surface area contributed by atoms with Gasteiger partial charge in [-0.1, -0.05) is 5.10 Å². The fourth-order valence-corrected chi connectivity index (χ4v) is 4.39. The normalized spacial score (nSPS) is 38.0. The van der Waals surface area contributed by atoms with Gasteiger partial charge in [0.05, 0.1) is 6.54 Å². The minimum absolute atomic E-state index is 0.0643. The van der Waals surface area contributed by atoms with Crippen molar-refractivity contribution in [3.05, 3.63) is 5.89 Å². The van der Waals surface area contributed by atoms with E-state index in [1.54, 1.807) is 0 Å². The Labute approximate surface area is 119 Å². The molecule has 5 heteroatoms. The van der Waals surface area contributed by atoms with E-state index in [1.165, 1.54) is 19.3 Å². The van der Waals surface area contributed by atoms with Crippen LogP contribution in [0.3, 0.4) is 0 Å². The van der Waals surface area contributed by atoms with Crippen molar-refractivity contribution in [1.29, 1.82) is 0 Å². The maximum Gasteiger partial charge on any atom is 0.315 e. The largest absolute Gasteiger partial charge is 0.407 e. The first-order valence-corrected chi connectivity index (χ1v) is 7.85. The maximum absolute atomic E-state index is 5.69. The summed E-state index contributed by atoms with van der Waals surface area (Å²) in [5, 5.41) is 15.1. The number of aromatic nitrogens is 2. The van der Waals surface area contributed by atoms with Crippen LogP contribution in [0.15, 0.2) is 4.42 Å². The molecule has 0 aliphatic heterocycles. The van der Waals surface area contributed by atoms with E-state index in [-0.39, 0.29) is 5.54 Å². The minimum atomic E-state index is 0.0643. The van der Waals surface area contributed by atoms with Gasteiger partial charge in [0, 0.05) is 11.6 Å². The molecule has 3 saturated carbocycles. The number of rotatable bonds is 4. The third-order valence-electron chi connectivity index (χ3n) is 5.26. The lowest BCUT2D eigenvalue weighted by molar-refractivity contribution is 0.383. The standard InChI is InChI=1S/C15H24N4O/c1-15(2,3)16-7-10-18-19-14(20-10)17-13-11-8-4-5-9(6-8)12(11)13/h8-9,11-13,16H,4-7H2,1-3H3,(H,17,19). The van der Waals surface area contributed by atoms with Gasteiger partial charge >= 0.3 is 6.01 Å². The van der Waals surface area contributed by atoms with Crippen LogP contribution in [0.4, 0.5) is 6.01 Å². The molecule has 20 heavy (non-hydrogen) atoms. The Morgan fingerprint density at radius 1 is 1.15 bits per heavy atom. The molecule has 1 aromatic heterocycles. The van der Waals surface area contributed by atoms with Crippen molar-refractivity contribution in [2.24, 2.45) is 23.7 Å². The monoisotopic (exact) mass is 276 g/mol. The highest BCUT2D eigenvalue weighted by Crippen LogP contribution is 2.66. The summed E-state index contributed by atoms with van der Waals surface area (Å²) in [5.74, 6) is 4.37. The number of anilines is 1. The van der Waals surface area contributed by atoms with E-state index in [0.717, 1.165) is 23.7 Å². The van der Waals surface area contributed by atoms with Crippen LogP contribution in [0.2, 0.25) is 0 Å². The predicted molar refractivity (Wildman–Crippen MR) is 76.1 cm³/mol. The van der Waals surface area contributed by atoms with Gasteiger partial charge in [-0.15, -0.1) is 5.10 Å². The highest BCUT2D eigenvalue weighted by atomic mass is 16.4. The van der Waals surface area contributed by atoms with Crippen LogP contribution in [0.5, 0.6) is 0 Å². The highest BCUT2D eigenvalue weighted by molar-refractivity contribution is 5.31. The summed E-state index contributed by atoms with van der Waals surface area (Å²) < 4.78 is 5.69. The summed E-state index contributed by atoms with van der Waals surface area (Å²) in [5.41, 5.74) is 0.0643. The first-order chi connectivity index (χ1) is 9.51. The molecule has 0 radical (unpaired) electrons. The molecule has 2 N–H and O–H groups in total. The van der Waals surface area contributed by atoms with Gasteiger partial charge in [-0.3, -0.25) is 0 Å². The Kier molecular flexibility index (Phi) is 2.65. The van der Waals surface area contributed by atoms with E-state index in [4.69, 9.17) is 4.42 Å². The van der Waals surface area contributed by atoms with Gasteiger partial charge in [-0.2, -0.15) is 0 Å². The lowest BCUT2D eigenvalue weighted by Crippen LogP contribution is -2.35. The Hall–Kier alpha value is -1.10. The van der Waals surface area contributed by atoms with E-state index in [2.05, 4.69) is 41.6 Å². The SMILES string of the molecule is CC(C)(C)NCc1nnc(NC2C3C4CCC(C4)C23)o1. The number of nitrogens with zero attached hydrogens (tertiary/aromatic N) is 2. The van der Waals surface area contributed by atoms with Gasteiger partial charge in [0.25, 0.3) is 0 Å². The molecule has 3 fully saturated rings. The molecule has 3 aliphatic carbocycles. The van der Waals surface area contributed by atoms with Crippen LogP contribution >= 0.6 is 0 Å². The van der Waals surface area contributed by atoms with Crippen molar-refractivity contribution in [2.75, 3.05) is 5.32 Å². The van der Waals surface area contributed by atoms with Crippen molar-refractivity contribution in [1.82, 2.24) is 15.5 Å². The Balaban J connectivity index is 1.34. The smallest absolute Gasteiger partial charge is 0.315 e. The number of fused-ring (bicyclic) bond motifs is 5. The third-order valence-corrected chi connectivity index (χ3v) is 5.26. The molecule has 4 unspecified atom stereocenters. The minimum Gasteiger partial charge on any atom is -0.407 e. The van der Waals surface area contributed by atoms with E-state index in [1.807, 2.05) is 0 Å². The third kappa shape index (κ3) is 2.12. The van der Waals surface area contributed by atoms with E-state index >= 15 is 0 Å². The van der Waals surface area contributed by atoms with Crippen LogP contribution in [0, 0.1) is 23.7 Å². The average Bonchev–Trinajstić information content (AvgIpc) is 2.77. The average molecular weight is 276 g/mol. The summed E-state index contributed by atoms with van der Waals surface area (Å²) >= 11 is 0. The van der Waals surface area contributed by atoms with Gasteiger partial charge in [0.1, 0.15) is 0 Å². The number of nitrogens with one attached hydrogen (secondary N) is 2. The van der Waals surface area contributed by atoms with Gasteiger partial charge in [0.15, 0.2) is 0 Å². The molecule has 2 bridgehead atoms. The first-order valence-electron chi connectivity index (χ1n) is 7.85. The molecule has 110 valence electrons. The van der Waals surface area contributed by atoms with Crippen molar-refractivity contribution in [3.63, 3.8) is 0 Å². The fourth-order valence-electron chi connectivity index (χ4n) is 4.39. The van der Waals surface area contributed by atoms with Crippen molar-refractivity contribution in [2.45, 2.75) is 58.2 Å². The Bertz CT molecular complexity index is 490. The number of hydrogen-bond donors (Lipinski definition) is 2. The molecule has 3 aliphatic rings. The Morgan fingerprint density at radius 2 is 1.85 bits per heavy atom. The molecule has 4 atom stereocenters. The van der Waals surface area contributed by atoms with Crippen LogP contribution in [-0.4, -0.2) is 21.8 Å². The zero-order valence-corrected chi connectivity index (χ0v) is 12.5. The van der Waals surface area contributed by atoms with Crippen LogP contribution in [0.1, 0.15) is 45.9 Å². The van der Waals surface area contributed by atoms with Crippen molar-refractivity contribution in [3.8, 4) is 0 Å². The fraction of sp³-hybridized carbons (Fsp3) is 0.867. The summed E-state index contributed by atoms with van der Waals surface area (Å²) in [4.78, 5) is 0. The highest BCUT2D eigenvalue weighted by Gasteiger charge is 2.65. The lowest BCUT2D eigenvalue weighted by Gasteiger charge is -2.18. The molecule has 0 amide bonds. The Morgan fingerprint density at radius 3 is 2.50 bits per heavy atom. The summed E-state index contributed by atoms with van der Waals surface area (Å²) in [6.45, 7) is 7.01. The molecule has 0 spiro atoms. The predicted octanol–water partition coefficient (Wildman–Crippen LogP) is 2.41. The summed E-state index contributed by atoms with van der Waals surface area (Å²) in [6.07, 6.45) is 4.35. The van der Waals surface area contributed by atoms with Crippen LogP contribution < -0.4 is 10.6 Å². The maximum atomic E-state index is 5.69. The molecular formula is C15H24N4O. The molecule has 5 nitrogen and oxygen atoms in total. The van der Waals surface area contributed by atoms with Gasteiger partial charge in [-0.05, 0) is 63.7 Å². The van der Waals surface area contributed by atoms with E-state index < -0.39 is 0 Å². The molecular weight excluding hydrogens is 252 g/mol. The second-order valence-corrected chi connectivity index (χ2v) is 7.76.